The van der Waals surface area contributed by atoms with Crippen LogP contribution >= 0.6 is 0 Å². The standard InChI is InChI=1S/C27H24FN5O3/c1-15(28)21-12-16(6-8-29-21)22-13-31-26(32-22)18-10-17-11-19(2-4-23(17)35-14-18)36-24-7-9-30-27-20(24)3-5-25(34)33-27/h2,4,6-9,11-13,15,18H,3,5,10,14H2,1H3,(H,31,32)(H,30,33,34)/t15?,18-/m1/s1. The molecule has 1 unspecified atom stereocenters. The largest absolute Gasteiger partial charge is 0.493 e. The van der Waals surface area contributed by atoms with Crippen molar-refractivity contribution < 1.29 is 18.7 Å². The molecule has 5 heterocycles. The molecule has 4 aromatic rings. The van der Waals surface area contributed by atoms with Crippen LogP contribution in [0.25, 0.3) is 11.3 Å². The fraction of sp³-hybridized carbons (Fsp3) is 0.259. The highest BCUT2D eigenvalue weighted by Crippen LogP contribution is 2.37. The summed E-state index contributed by atoms with van der Waals surface area (Å²) in [7, 11) is 0. The summed E-state index contributed by atoms with van der Waals surface area (Å²) in [5.41, 5.74) is 3.97. The van der Waals surface area contributed by atoms with Gasteiger partial charge in [-0.1, -0.05) is 0 Å². The Morgan fingerprint density at radius 3 is 2.89 bits per heavy atom. The van der Waals surface area contributed by atoms with Gasteiger partial charge >= 0.3 is 0 Å². The number of alkyl halides is 1. The third-order valence-corrected chi connectivity index (χ3v) is 6.52. The molecule has 9 heteroatoms. The highest BCUT2D eigenvalue weighted by molar-refractivity contribution is 5.93. The number of aromatic nitrogens is 4. The Kier molecular flexibility index (Phi) is 5.59. The summed E-state index contributed by atoms with van der Waals surface area (Å²) in [4.78, 5) is 28.0. The Morgan fingerprint density at radius 1 is 1.11 bits per heavy atom. The van der Waals surface area contributed by atoms with Crippen molar-refractivity contribution >= 4 is 11.7 Å². The van der Waals surface area contributed by atoms with Crippen molar-refractivity contribution in [3.63, 3.8) is 0 Å². The molecule has 1 aromatic carbocycles. The minimum absolute atomic E-state index is 0.0341. The second-order valence-corrected chi connectivity index (χ2v) is 9.04. The minimum atomic E-state index is -1.14. The molecule has 0 radical (unpaired) electrons. The number of nitrogens with one attached hydrogen (secondary N) is 2. The number of anilines is 1. The maximum absolute atomic E-state index is 13.7. The van der Waals surface area contributed by atoms with E-state index in [1.54, 1.807) is 24.7 Å². The molecule has 1 amide bonds. The molecule has 0 fully saturated rings. The Bertz CT molecular complexity index is 1450. The van der Waals surface area contributed by atoms with Gasteiger partial charge < -0.3 is 19.8 Å². The number of amides is 1. The highest BCUT2D eigenvalue weighted by Gasteiger charge is 2.25. The number of H-pyrrole nitrogens is 1. The Labute approximate surface area is 206 Å². The van der Waals surface area contributed by atoms with E-state index in [9.17, 15) is 9.18 Å². The van der Waals surface area contributed by atoms with E-state index in [2.05, 4.69) is 25.3 Å². The highest BCUT2D eigenvalue weighted by atomic mass is 19.1. The van der Waals surface area contributed by atoms with Gasteiger partial charge in [-0.05, 0) is 61.7 Å². The molecule has 0 spiro atoms. The lowest BCUT2D eigenvalue weighted by atomic mass is 9.96. The summed E-state index contributed by atoms with van der Waals surface area (Å²) in [5.74, 6) is 3.56. The van der Waals surface area contributed by atoms with Crippen molar-refractivity contribution in [2.24, 2.45) is 0 Å². The minimum Gasteiger partial charge on any atom is -0.493 e. The van der Waals surface area contributed by atoms with Crippen LogP contribution in [0, 0.1) is 0 Å². The predicted molar refractivity (Wildman–Crippen MR) is 131 cm³/mol. The number of benzene rings is 1. The topological polar surface area (TPSA) is 102 Å². The molecule has 2 aliphatic heterocycles. The molecule has 3 aromatic heterocycles. The van der Waals surface area contributed by atoms with Crippen molar-refractivity contribution in [2.45, 2.75) is 38.3 Å². The number of nitrogens with zero attached hydrogens (tertiary/aromatic N) is 3. The number of carbonyl (C=O) groups excluding carboxylic acids is 1. The molecule has 6 rings (SSSR count). The first-order valence-corrected chi connectivity index (χ1v) is 11.9. The van der Waals surface area contributed by atoms with Crippen LogP contribution in [-0.2, 0) is 17.6 Å². The number of pyridine rings is 2. The zero-order chi connectivity index (χ0) is 24.6. The SMILES string of the molecule is CC(F)c1cc(-c2cnc([C@H]3COc4ccc(Oc5ccnc6c5CCC(=O)N6)cc4C3)[nH]2)ccn1. The summed E-state index contributed by atoms with van der Waals surface area (Å²) < 4.78 is 25.9. The van der Waals surface area contributed by atoms with Crippen LogP contribution in [0.2, 0.25) is 0 Å². The molecule has 182 valence electrons. The number of hydrogen-bond donors (Lipinski definition) is 2. The molecular formula is C27H24FN5O3. The van der Waals surface area contributed by atoms with Crippen molar-refractivity contribution in [2.75, 3.05) is 11.9 Å². The molecule has 0 aliphatic carbocycles. The first-order chi connectivity index (χ1) is 17.5. The second-order valence-electron chi connectivity index (χ2n) is 9.04. The first kappa shape index (κ1) is 22.2. The second kappa shape index (κ2) is 9.07. The third-order valence-electron chi connectivity index (χ3n) is 6.52. The number of ether oxygens (including phenoxy) is 2. The summed E-state index contributed by atoms with van der Waals surface area (Å²) in [6.07, 6.45) is 5.59. The molecule has 2 aliphatic rings. The van der Waals surface area contributed by atoms with Gasteiger partial charge in [0.25, 0.3) is 0 Å². The van der Waals surface area contributed by atoms with Crippen LogP contribution in [0.5, 0.6) is 17.2 Å². The smallest absolute Gasteiger partial charge is 0.225 e. The molecule has 36 heavy (non-hydrogen) atoms. The maximum Gasteiger partial charge on any atom is 0.225 e. The normalized spacial score (nSPS) is 17.4. The van der Waals surface area contributed by atoms with Gasteiger partial charge in [-0.25, -0.2) is 14.4 Å². The van der Waals surface area contributed by atoms with E-state index in [0.29, 0.717) is 42.5 Å². The average Bonchev–Trinajstić information content (AvgIpc) is 3.39. The van der Waals surface area contributed by atoms with Crippen molar-refractivity contribution in [1.29, 1.82) is 0 Å². The molecule has 8 nitrogen and oxygen atoms in total. The Hall–Kier alpha value is -4.27. The van der Waals surface area contributed by atoms with E-state index >= 15 is 0 Å². The van der Waals surface area contributed by atoms with Gasteiger partial charge in [0.2, 0.25) is 5.91 Å². The van der Waals surface area contributed by atoms with Crippen LogP contribution < -0.4 is 14.8 Å². The third kappa shape index (κ3) is 4.28. The van der Waals surface area contributed by atoms with Gasteiger partial charge in [0.1, 0.15) is 35.1 Å². The van der Waals surface area contributed by atoms with Gasteiger partial charge in [0, 0.05) is 29.9 Å². The molecule has 2 atom stereocenters. The van der Waals surface area contributed by atoms with Crippen LogP contribution in [0.3, 0.4) is 0 Å². The average molecular weight is 486 g/mol. The summed E-state index contributed by atoms with van der Waals surface area (Å²) in [6.45, 7) is 1.97. The molecule has 0 saturated carbocycles. The molecule has 0 saturated heterocycles. The number of imidazole rings is 1. The van der Waals surface area contributed by atoms with Gasteiger partial charge in [-0.3, -0.25) is 9.78 Å². The van der Waals surface area contributed by atoms with Crippen LogP contribution in [0.4, 0.5) is 10.2 Å². The Balaban J connectivity index is 1.21. The van der Waals surface area contributed by atoms with Crippen molar-refractivity contribution in [3.8, 4) is 28.5 Å². The number of rotatable bonds is 5. The monoisotopic (exact) mass is 485 g/mol. The lowest BCUT2D eigenvalue weighted by Crippen LogP contribution is -2.20. The van der Waals surface area contributed by atoms with E-state index in [0.717, 1.165) is 40.4 Å². The van der Waals surface area contributed by atoms with Gasteiger partial charge in [0.15, 0.2) is 0 Å². The van der Waals surface area contributed by atoms with Gasteiger partial charge in [-0.2, -0.15) is 0 Å². The zero-order valence-corrected chi connectivity index (χ0v) is 19.6. The van der Waals surface area contributed by atoms with Crippen LogP contribution in [-0.4, -0.2) is 32.4 Å². The number of carbonyl (C=O) groups is 1. The van der Waals surface area contributed by atoms with Crippen molar-refractivity contribution in [1.82, 2.24) is 19.9 Å². The van der Waals surface area contributed by atoms with E-state index in [1.165, 1.54) is 6.92 Å². The maximum atomic E-state index is 13.7. The van der Waals surface area contributed by atoms with Crippen LogP contribution in [0.1, 0.15) is 48.1 Å². The van der Waals surface area contributed by atoms with Crippen LogP contribution in [0.15, 0.2) is 55.0 Å². The Morgan fingerprint density at radius 2 is 2.00 bits per heavy atom. The summed E-state index contributed by atoms with van der Waals surface area (Å²) >= 11 is 0. The summed E-state index contributed by atoms with van der Waals surface area (Å²) in [5, 5.41) is 2.80. The summed E-state index contributed by atoms with van der Waals surface area (Å²) in [6, 6.07) is 11.2. The fourth-order valence-corrected chi connectivity index (χ4v) is 4.61. The fourth-order valence-electron chi connectivity index (χ4n) is 4.61. The van der Waals surface area contributed by atoms with Crippen molar-refractivity contribution in [3.05, 3.63) is 77.6 Å². The zero-order valence-electron chi connectivity index (χ0n) is 19.6. The van der Waals surface area contributed by atoms with E-state index in [4.69, 9.17) is 9.47 Å². The van der Waals surface area contributed by atoms with E-state index in [-0.39, 0.29) is 11.8 Å². The number of halogens is 1. The van der Waals surface area contributed by atoms with Gasteiger partial charge in [-0.15, -0.1) is 0 Å². The number of aromatic amines is 1. The lowest BCUT2D eigenvalue weighted by Gasteiger charge is -2.25. The molecular weight excluding hydrogens is 461 g/mol. The molecule has 2 N–H and O–H groups in total. The first-order valence-electron chi connectivity index (χ1n) is 11.9. The van der Waals surface area contributed by atoms with E-state index < -0.39 is 6.17 Å². The molecule has 0 bridgehead atoms. The number of fused-ring (bicyclic) bond motifs is 2. The van der Waals surface area contributed by atoms with E-state index in [1.807, 2.05) is 30.3 Å². The van der Waals surface area contributed by atoms with Gasteiger partial charge in [0.05, 0.1) is 30.1 Å². The quantitative estimate of drug-likeness (QED) is 0.398. The number of hydrogen-bond acceptors (Lipinski definition) is 6. The predicted octanol–water partition coefficient (Wildman–Crippen LogP) is 5.29. The lowest BCUT2D eigenvalue weighted by molar-refractivity contribution is -0.116.